The molecule has 1 heterocycles. The van der Waals surface area contributed by atoms with Crippen LogP contribution in [0.1, 0.15) is 32.3 Å². The van der Waals surface area contributed by atoms with E-state index in [1.165, 1.54) is 13.0 Å². The molecule has 1 aromatic heterocycles. The predicted molar refractivity (Wildman–Crippen MR) is 72.4 cm³/mol. The molecule has 0 aliphatic rings. The van der Waals surface area contributed by atoms with Gasteiger partial charge in [-0.3, -0.25) is 9.78 Å². The largest absolute Gasteiger partial charge is 0.480 e. The monoisotopic (exact) mass is 262 g/mol. The Morgan fingerprint density at radius 3 is 2.79 bits per heavy atom. The summed E-state index contributed by atoms with van der Waals surface area (Å²) in [5.74, 6) is -1.46. The number of nitrogens with one attached hydrogen (secondary N) is 1. The molecule has 1 amide bonds. The van der Waals surface area contributed by atoms with Crippen LogP contribution in [-0.2, 0) is 9.59 Å². The van der Waals surface area contributed by atoms with E-state index in [1.807, 2.05) is 6.92 Å². The normalized spacial score (nSPS) is 14.0. The molecule has 2 N–H and O–H groups in total. The topological polar surface area (TPSA) is 79.3 Å². The van der Waals surface area contributed by atoms with Gasteiger partial charge in [0.05, 0.1) is 0 Å². The van der Waals surface area contributed by atoms with E-state index >= 15 is 0 Å². The van der Waals surface area contributed by atoms with Crippen LogP contribution in [-0.4, -0.2) is 27.5 Å². The zero-order valence-electron chi connectivity index (χ0n) is 11.1. The molecular weight excluding hydrogens is 244 g/mol. The molecule has 102 valence electrons. The highest BCUT2D eigenvalue weighted by Crippen LogP contribution is 2.12. The first-order valence-corrected chi connectivity index (χ1v) is 6.11. The van der Waals surface area contributed by atoms with Crippen LogP contribution < -0.4 is 5.32 Å². The first kappa shape index (κ1) is 14.9. The van der Waals surface area contributed by atoms with Gasteiger partial charge in [-0.1, -0.05) is 19.4 Å². The average molecular weight is 262 g/mol. The maximum atomic E-state index is 11.7. The van der Waals surface area contributed by atoms with Gasteiger partial charge in [0.1, 0.15) is 5.54 Å². The van der Waals surface area contributed by atoms with Crippen LogP contribution in [0.4, 0.5) is 0 Å². The Labute approximate surface area is 112 Å². The fraction of sp³-hybridized carbons (Fsp3) is 0.357. The van der Waals surface area contributed by atoms with Crippen molar-refractivity contribution in [3.05, 3.63) is 36.2 Å². The first-order valence-electron chi connectivity index (χ1n) is 6.11. The Morgan fingerprint density at radius 1 is 1.53 bits per heavy atom. The zero-order chi connectivity index (χ0) is 14.3. The summed E-state index contributed by atoms with van der Waals surface area (Å²) < 4.78 is 0. The fourth-order valence-electron chi connectivity index (χ4n) is 1.68. The van der Waals surface area contributed by atoms with Crippen molar-refractivity contribution >= 4 is 18.0 Å². The minimum Gasteiger partial charge on any atom is -0.480 e. The lowest BCUT2D eigenvalue weighted by molar-refractivity contribution is -0.146. The molecule has 0 fully saturated rings. The Kier molecular flexibility index (Phi) is 5.23. The number of aliphatic carboxylic acids is 1. The molecule has 0 bridgehead atoms. The van der Waals surface area contributed by atoms with Gasteiger partial charge in [-0.15, -0.1) is 0 Å². The van der Waals surface area contributed by atoms with E-state index in [2.05, 4.69) is 10.3 Å². The third kappa shape index (κ3) is 4.54. The van der Waals surface area contributed by atoms with E-state index in [-0.39, 0.29) is 0 Å². The third-order valence-corrected chi connectivity index (χ3v) is 2.73. The van der Waals surface area contributed by atoms with Crippen LogP contribution in [0.15, 0.2) is 30.6 Å². The molecule has 0 saturated heterocycles. The predicted octanol–water partition coefficient (Wildman–Crippen LogP) is 1.85. The number of carbonyl (C=O) groups is 2. The van der Waals surface area contributed by atoms with Crippen molar-refractivity contribution in [2.45, 2.75) is 32.2 Å². The standard InChI is InChI=1S/C14H18N2O3/c1-3-8-14(2,13(18)19)16-12(17)7-6-11-5-4-9-15-10-11/h4-7,9-10H,3,8H2,1-2H3,(H,16,17)(H,18,19)/b7-6+. The van der Waals surface area contributed by atoms with Gasteiger partial charge < -0.3 is 10.4 Å². The van der Waals surface area contributed by atoms with Crippen LogP contribution in [0.2, 0.25) is 0 Å². The number of hydrogen-bond donors (Lipinski definition) is 2. The van der Waals surface area contributed by atoms with Crippen molar-refractivity contribution < 1.29 is 14.7 Å². The van der Waals surface area contributed by atoms with Gasteiger partial charge >= 0.3 is 5.97 Å². The van der Waals surface area contributed by atoms with Crippen molar-refractivity contribution in [1.29, 1.82) is 0 Å². The smallest absolute Gasteiger partial charge is 0.329 e. The van der Waals surface area contributed by atoms with Gasteiger partial charge in [-0.25, -0.2) is 4.79 Å². The summed E-state index contributed by atoms with van der Waals surface area (Å²) in [4.78, 5) is 26.8. The molecule has 1 atom stereocenters. The first-order chi connectivity index (χ1) is 8.98. The number of amides is 1. The molecule has 0 saturated carbocycles. The second kappa shape index (κ2) is 6.68. The Balaban J connectivity index is 2.68. The molecule has 0 aromatic carbocycles. The Morgan fingerprint density at radius 2 is 2.26 bits per heavy atom. The summed E-state index contributed by atoms with van der Waals surface area (Å²) in [7, 11) is 0. The lowest BCUT2D eigenvalue weighted by atomic mass is 9.96. The molecular formula is C14H18N2O3. The van der Waals surface area contributed by atoms with E-state index in [9.17, 15) is 9.59 Å². The second-order valence-corrected chi connectivity index (χ2v) is 4.50. The molecule has 0 aliphatic heterocycles. The number of carboxylic acids is 1. The molecule has 1 rings (SSSR count). The second-order valence-electron chi connectivity index (χ2n) is 4.50. The summed E-state index contributed by atoms with van der Waals surface area (Å²) in [5, 5.41) is 11.7. The summed E-state index contributed by atoms with van der Waals surface area (Å²) in [5.41, 5.74) is -0.448. The summed E-state index contributed by atoms with van der Waals surface area (Å²) in [6.45, 7) is 3.38. The van der Waals surface area contributed by atoms with Crippen molar-refractivity contribution in [3.63, 3.8) is 0 Å². The van der Waals surface area contributed by atoms with Gasteiger partial charge in [-0.2, -0.15) is 0 Å². The van der Waals surface area contributed by atoms with E-state index in [0.29, 0.717) is 12.8 Å². The van der Waals surface area contributed by atoms with E-state index in [1.54, 1.807) is 30.6 Å². The number of rotatable bonds is 6. The van der Waals surface area contributed by atoms with Crippen LogP contribution in [0, 0.1) is 0 Å². The summed E-state index contributed by atoms with van der Waals surface area (Å²) in [6, 6.07) is 3.56. The highest BCUT2D eigenvalue weighted by atomic mass is 16.4. The van der Waals surface area contributed by atoms with Gasteiger partial charge in [-0.05, 0) is 31.1 Å². The van der Waals surface area contributed by atoms with Gasteiger partial charge in [0, 0.05) is 18.5 Å². The lowest BCUT2D eigenvalue weighted by Gasteiger charge is -2.24. The fourth-order valence-corrected chi connectivity index (χ4v) is 1.68. The molecule has 5 nitrogen and oxygen atoms in total. The zero-order valence-corrected chi connectivity index (χ0v) is 11.1. The van der Waals surface area contributed by atoms with E-state index < -0.39 is 17.4 Å². The maximum Gasteiger partial charge on any atom is 0.329 e. The van der Waals surface area contributed by atoms with Crippen LogP contribution in [0.5, 0.6) is 0 Å². The van der Waals surface area contributed by atoms with Crippen molar-refractivity contribution in [1.82, 2.24) is 10.3 Å². The minimum absolute atomic E-state index is 0.384. The van der Waals surface area contributed by atoms with Gasteiger partial charge in [0.2, 0.25) is 5.91 Å². The number of nitrogens with zero attached hydrogens (tertiary/aromatic N) is 1. The molecule has 1 aromatic rings. The van der Waals surface area contributed by atoms with Crippen LogP contribution in [0.3, 0.4) is 0 Å². The average Bonchev–Trinajstić information content (AvgIpc) is 2.37. The van der Waals surface area contributed by atoms with E-state index in [4.69, 9.17) is 5.11 Å². The highest BCUT2D eigenvalue weighted by Gasteiger charge is 2.33. The minimum atomic E-state index is -1.23. The Bertz CT molecular complexity index is 471. The van der Waals surface area contributed by atoms with Crippen molar-refractivity contribution in [2.24, 2.45) is 0 Å². The quantitative estimate of drug-likeness (QED) is 0.767. The summed E-state index contributed by atoms with van der Waals surface area (Å²) >= 11 is 0. The number of carbonyl (C=O) groups excluding carboxylic acids is 1. The SMILES string of the molecule is CCCC(C)(NC(=O)/C=C/c1cccnc1)C(=O)O. The molecule has 19 heavy (non-hydrogen) atoms. The van der Waals surface area contributed by atoms with Gasteiger partial charge in [0.25, 0.3) is 0 Å². The summed E-state index contributed by atoms with van der Waals surface area (Å²) in [6.07, 6.45) is 7.22. The molecule has 1 unspecified atom stereocenters. The molecule has 0 radical (unpaired) electrons. The third-order valence-electron chi connectivity index (χ3n) is 2.73. The number of pyridine rings is 1. The molecule has 0 aliphatic carbocycles. The Hall–Kier alpha value is -2.17. The lowest BCUT2D eigenvalue weighted by Crippen LogP contribution is -2.51. The number of hydrogen-bond acceptors (Lipinski definition) is 3. The van der Waals surface area contributed by atoms with E-state index in [0.717, 1.165) is 5.56 Å². The van der Waals surface area contributed by atoms with Crippen molar-refractivity contribution in [2.75, 3.05) is 0 Å². The molecule has 0 spiro atoms. The maximum absolute atomic E-state index is 11.7. The van der Waals surface area contributed by atoms with Crippen molar-refractivity contribution in [3.8, 4) is 0 Å². The van der Waals surface area contributed by atoms with Gasteiger partial charge in [0.15, 0.2) is 0 Å². The van der Waals surface area contributed by atoms with Crippen LogP contribution >= 0.6 is 0 Å². The number of aromatic nitrogens is 1. The van der Waals surface area contributed by atoms with Crippen LogP contribution in [0.25, 0.3) is 6.08 Å². The number of carboxylic acid groups (broad SMARTS) is 1. The molecule has 5 heteroatoms. The highest BCUT2D eigenvalue weighted by molar-refractivity contribution is 5.95.